The molecule has 0 aliphatic heterocycles. The maximum absolute atomic E-state index is 12.2. The van der Waals surface area contributed by atoms with E-state index in [2.05, 4.69) is 15.4 Å². The summed E-state index contributed by atoms with van der Waals surface area (Å²) in [6.07, 6.45) is -4.31. The smallest absolute Gasteiger partial charge is 0.364 e. The molecule has 0 bridgehead atoms. The lowest BCUT2D eigenvalue weighted by molar-refractivity contribution is -0.137. The van der Waals surface area contributed by atoms with Gasteiger partial charge in [-0.2, -0.15) is 18.7 Å². The standard InChI is InChI=1S/C9H10F3N3O/c10-9(11,12)8-3-1-7(2-4-8)5-14-6-16-15-13/h1-4,13-14H,5-6H2. The van der Waals surface area contributed by atoms with E-state index in [4.69, 9.17) is 5.53 Å². The fourth-order valence-electron chi connectivity index (χ4n) is 1.08. The van der Waals surface area contributed by atoms with E-state index in [-0.39, 0.29) is 6.73 Å². The third-order valence-electron chi connectivity index (χ3n) is 1.84. The van der Waals surface area contributed by atoms with Gasteiger partial charge in [-0.15, -0.1) is 0 Å². The summed E-state index contributed by atoms with van der Waals surface area (Å²) in [5.41, 5.74) is 6.34. The lowest BCUT2D eigenvalue weighted by atomic mass is 10.1. The molecule has 0 radical (unpaired) electrons. The first-order valence-corrected chi connectivity index (χ1v) is 4.39. The van der Waals surface area contributed by atoms with E-state index >= 15 is 0 Å². The molecule has 0 saturated heterocycles. The highest BCUT2D eigenvalue weighted by Crippen LogP contribution is 2.28. The van der Waals surface area contributed by atoms with Gasteiger partial charge in [-0.1, -0.05) is 12.1 Å². The predicted octanol–water partition coefficient (Wildman–Crippen LogP) is 2.72. The van der Waals surface area contributed by atoms with Crippen LogP contribution in [-0.2, 0) is 17.6 Å². The van der Waals surface area contributed by atoms with Crippen molar-refractivity contribution in [3.63, 3.8) is 0 Å². The van der Waals surface area contributed by atoms with Crippen molar-refractivity contribution in [2.75, 3.05) is 6.73 Å². The van der Waals surface area contributed by atoms with Gasteiger partial charge in [-0.05, 0) is 17.7 Å². The Labute approximate surface area is 89.9 Å². The van der Waals surface area contributed by atoms with Gasteiger partial charge in [0.15, 0.2) is 6.73 Å². The summed E-state index contributed by atoms with van der Waals surface area (Å²) in [5.74, 6) is 0. The second kappa shape index (κ2) is 5.45. The van der Waals surface area contributed by atoms with Crippen LogP contribution in [0, 0.1) is 5.53 Å². The quantitative estimate of drug-likeness (QED) is 0.355. The molecule has 0 atom stereocenters. The van der Waals surface area contributed by atoms with Crippen molar-refractivity contribution in [3.05, 3.63) is 35.4 Å². The van der Waals surface area contributed by atoms with Gasteiger partial charge in [0.1, 0.15) is 0 Å². The predicted molar refractivity (Wildman–Crippen MR) is 49.4 cm³/mol. The third kappa shape index (κ3) is 3.85. The first-order chi connectivity index (χ1) is 7.54. The fourth-order valence-corrected chi connectivity index (χ4v) is 1.08. The highest BCUT2D eigenvalue weighted by atomic mass is 19.4. The van der Waals surface area contributed by atoms with Crippen molar-refractivity contribution in [3.8, 4) is 0 Å². The lowest BCUT2D eigenvalue weighted by Gasteiger charge is -2.07. The largest absolute Gasteiger partial charge is 0.416 e. The van der Waals surface area contributed by atoms with E-state index in [0.717, 1.165) is 12.1 Å². The molecule has 0 spiro atoms. The molecule has 1 rings (SSSR count). The summed E-state index contributed by atoms with van der Waals surface area (Å²) in [6.45, 7) is 0.401. The van der Waals surface area contributed by atoms with Crippen LogP contribution in [0.15, 0.2) is 29.5 Å². The zero-order valence-corrected chi connectivity index (χ0v) is 8.21. The van der Waals surface area contributed by atoms with Crippen LogP contribution in [0.3, 0.4) is 0 Å². The molecule has 0 heterocycles. The van der Waals surface area contributed by atoms with Gasteiger partial charge >= 0.3 is 6.18 Å². The normalized spacial score (nSPS) is 11.2. The first-order valence-electron chi connectivity index (χ1n) is 4.39. The summed E-state index contributed by atoms with van der Waals surface area (Å²) in [5, 5.41) is 5.40. The molecular formula is C9H10F3N3O. The highest BCUT2D eigenvalue weighted by molar-refractivity contribution is 5.24. The monoisotopic (exact) mass is 233 g/mol. The molecule has 0 amide bonds. The van der Waals surface area contributed by atoms with E-state index in [9.17, 15) is 13.2 Å². The molecule has 0 aliphatic rings. The minimum atomic E-state index is -4.31. The Morgan fingerprint density at radius 3 is 2.38 bits per heavy atom. The molecule has 1 aromatic carbocycles. The van der Waals surface area contributed by atoms with Crippen LogP contribution in [0.5, 0.6) is 0 Å². The molecule has 0 unspecified atom stereocenters. The van der Waals surface area contributed by atoms with Crippen LogP contribution in [0.1, 0.15) is 11.1 Å². The SMILES string of the molecule is N=NOCNCc1ccc(C(F)(F)F)cc1. The van der Waals surface area contributed by atoms with E-state index in [1.54, 1.807) is 0 Å². The zero-order chi connectivity index (χ0) is 12.0. The summed E-state index contributed by atoms with van der Waals surface area (Å²) >= 11 is 0. The van der Waals surface area contributed by atoms with E-state index in [1.807, 2.05) is 0 Å². The molecule has 1 aromatic rings. The van der Waals surface area contributed by atoms with Gasteiger partial charge < -0.3 is 4.84 Å². The van der Waals surface area contributed by atoms with Crippen LogP contribution in [0.2, 0.25) is 0 Å². The number of halogens is 3. The van der Waals surface area contributed by atoms with E-state index < -0.39 is 11.7 Å². The highest BCUT2D eigenvalue weighted by Gasteiger charge is 2.29. The van der Waals surface area contributed by atoms with Crippen LogP contribution >= 0.6 is 0 Å². The second-order valence-corrected chi connectivity index (χ2v) is 2.99. The van der Waals surface area contributed by atoms with Crippen molar-refractivity contribution in [1.29, 1.82) is 5.53 Å². The van der Waals surface area contributed by atoms with Gasteiger partial charge in [0.25, 0.3) is 0 Å². The van der Waals surface area contributed by atoms with Crippen molar-refractivity contribution < 1.29 is 18.0 Å². The Morgan fingerprint density at radius 2 is 1.88 bits per heavy atom. The van der Waals surface area contributed by atoms with Crippen molar-refractivity contribution in [1.82, 2.24) is 5.32 Å². The summed E-state index contributed by atoms with van der Waals surface area (Å²) < 4.78 is 36.6. The lowest BCUT2D eigenvalue weighted by Crippen LogP contribution is -2.15. The molecule has 0 fully saturated rings. The molecule has 0 saturated carbocycles. The van der Waals surface area contributed by atoms with E-state index in [0.29, 0.717) is 12.1 Å². The fraction of sp³-hybridized carbons (Fsp3) is 0.333. The number of hydrogen-bond donors (Lipinski definition) is 2. The minimum Gasteiger partial charge on any atom is -0.364 e. The van der Waals surface area contributed by atoms with Gasteiger partial charge in [0, 0.05) is 11.8 Å². The Bertz CT molecular complexity index is 337. The molecule has 16 heavy (non-hydrogen) atoms. The number of benzene rings is 1. The Hall–Kier alpha value is -1.63. The number of hydrogen-bond acceptors (Lipinski definition) is 4. The third-order valence-corrected chi connectivity index (χ3v) is 1.84. The van der Waals surface area contributed by atoms with Gasteiger partial charge in [0.05, 0.1) is 5.56 Å². The number of rotatable bonds is 5. The van der Waals surface area contributed by atoms with Crippen LogP contribution in [0.4, 0.5) is 13.2 Å². The number of nitrogens with one attached hydrogen (secondary N) is 2. The summed E-state index contributed by atoms with van der Waals surface area (Å²) in [4.78, 5) is 4.33. The first kappa shape index (κ1) is 12.4. The van der Waals surface area contributed by atoms with Crippen molar-refractivity contribution in [2.24, 2.45) is 5.28 Å². The maximum Gasteiger partial charge on any atom is 0.416 e. The topological polar surface area (TPSA) is 57.5 Å². The van der Waals surface area contributed by atoms with Gasteiger partial charge in [-0.3, -0.25) is 5.32 Å². The van der Waals surface area contributed by atoms with Crippen molar-refractivity contribution >= 4 is 0 Å². The number of nitrogens with zero attached hydrogens (tertiary/aromatic N) is 1. The van der Waals surface area contributed by atoms with Gasteiger partial charge in [-0.25, -0.2) is 0 Å². The second-order valence-electron chi connectivity index (χ2n) is 2.99. The van der Waals surface area contributed by atoms with Gasteiger partial charge in [0.2, 0.25) is 0 Å². The number of alkyl halides is 3. The molecule has 7 heteroatoms. The van der Waals surface area contributed by atoms with E-state index in [1.165, 1.54) is 12.1 Å². The molecule has 88 valence electrons. The summed E-state index contributed by atoms with van der Waals surface area (Å²) in [6, 6.07) is 4.81. The average Bonchev–Trinajstić information content (AvgIpc) is 2.24. The Kier molecular flexibility index (Phi) is 4.24. The Balaban J connectivity index is 2.48. The summed E-state index contributed by atoms with van der Waals surface area (Å²) in [7, 11) is 0. The van der Waals surface area contributed by atoms with Crippen molar-refractivity contribution in [2.45, 2.75) is 12.7 Å². The Morgan fingerprint density at radius 1 is 1.25 bits per heavy atom. The zero-order valence-electron chi connectivity index (χ0n) is 8.21. The molecule has 4 nitrogen and oxygen atoms in total. The average molecular weight is 233 g/mol. The molecule has 0 aromatic heterocycles. The maximum atomic E-state index is 12.2. The molecule has 0 aliphatic carbocycles. The van der Waals surface area contributed by atoms with Crippen LogP contribution < -0.4 is 5.32 Å². The molecular weight excluding hydrogens is 223 g/mol. The van der Waals surface area contributed by atoms with Crippen LogP contribution in [-0.4, -0.2) is 6.73 Å². The molecule has 2 N–H and O–H groups in total. The van der Waals surface area contributed by atoms with Crippen LogP contribution in [0.25, 0.3) is 0 Å². The minimum absolute atomic E-state index is 0.0462.